The third-order valence-electron chi connectivity index (χ3n) is 3.93. The summed E-state index contributed by atoms with van der Waals surface area (Å²) in [5.41, 5.74) is 1.16. The molecule has 27 heavy (non-hydrogen) atoms. The highest BCUT2D eigenvalue weighted by Crippen LogP contribution is 2.24. The molecule has 3 rings (SSSR count). The number of rotatable bonds is 7. The maximum atomic E-state index is 13.0. The minimum Gasteiger partial charge on any atom is -0.325 e. The highest BCUT2D eigenvalue weighted by molar-refractivity contribution is 8.00. The van der Waals surface area contributed by atoms with E-state index in [1.165, 1.54) is 40.6 Å². The van der Waals surface area contributed by atoms with Gasteiger partial charge < -0.3 is 5.32 Å². The molecule has 1 amide bonds. The Bertz CT molecular complexity index is 954. The number of hydrogen-bond acceptors (Lipinski definition) is 4. The lowest BCUT2D eigenvalue weighted by Crippen LogP contribution is -2.26. The van der Waals surface area contributed by atoms with Crippen molar-refractivity contribution in [2.45, 2.75) is 30.3 Å². The van der Waals surface area contributed by atoms with Crippen molar-refractivity contribution in [2.24, 2.45) is 0 Å². The summed E-state index contributed by atoms with van der Waals surface area (Å²) in [5, 5.41) is 9.27. The summed E-state index contributed by atoms with van der Waals surface area (Å²) in [5.74, 6) is -0.591. The van der Waals surface area contributed by atoms with Crippen molar-refractivity contribution in [2.75, 3.05) is 5.32 Å². The summed E-state index contributed by atoms with van der Waals surface area (Å²) in [6.07, 6.45) is 0.546. The van der Waals surface area contributed by atoms with E-state index in [9.17, 15) is 14.0 Å². The summed E-state index contributed by atoms with van der Waals surface area (Å²) < 4.78 is 14.5. The van der Waals surface area contributed by atoms with E-state index >= 15 is 0 Å². The van der Waals surface area contributed by atoms with Crippen LogP contribution in [0.25, 0.3) is 0 Å². The Hall–Kier alpha value is -2.87. The number of nitrogens with one attached hydrogen (secondary N) is 2. The fourth-order valence-corrected chi connectivity index (χ4v) is 3.46. The zero-order valence-corrected chi connectivity index (χ0v) is 15.5. The molecule has 1 aromatic heterocycles. The van der Waals surface area contributed by atoms with Gasteiger partial charge in [0.2, 0.25) is 5.91 Å². The van der Waals surface area contributed by atoms with Crippen LogP contribution >= 0.6 is 11.8 Å². The lowest BCUT2D eigenvalue weighted by Gasteiger charge is -2.14. The van der Waals surface area contributed by atoms with E-state index in [0.29, 0.717) is 23.8 Å². The van der Waals surface area contributed by atoms with Crippen molar-refractivity contribution in [1.82, 2.24) is 14.8 Å². The summed E-state index contributed by atoms with van der Waals surface area (Å²) in [6.45, 7) is 2.25. The smallest absolute Gasteiger partial charge is 0.325 e. The van der Waals surface area contributed by atoms with Gasteiger partial charge in [-0.3, -0.25) is 9.36 Å². The maximum Gasteiger partial charge on any atom is 0.344 e. The summed E-state index contributed by atoms with van der Waals surface area (Å²) in [7, 11) is 0. The number of carbonyl (C=O) groups is 1. The minimum atomic E-state index is -0.445. The van der Waals surface area contributed by atoms with Gasteiger partial charge in [-0.05, 0) is 36.2 Å². The standard InChI is InChI=1S/C19H19FN4O2S/c1-2-16(17(25)21-15-10-8-14(20)9-11-15)27-19-23-22-18(26)24(19)12-13-6-4-3-5-7-13/h3-11,16H,2,12H2,1H3,(H,21,25)(H,22,26). The first-order chi connectivity index (χ1) is 13.1. The van der Waals surface area contributed by atoms with E-state index in [0.717, 1.165) is 5.56 Å². The molecule has 0 radical (unpaired) electrons. The Morgan fingerprint density at radius 3 is 2.59 bits per heavy atom. The number of hydrogen-bond donors (Lipinski definition) is 2. The topological polar surface area (TPSA) is 79.8 Å². The molecule has 0 saturated heterocycles. The molecule has 0 aliphatic carbocycles. The lowest BCUT2D eigenvalue weighted by molar-refractivity contribution is -0.115. The number of benzene rings is 2. The van der Waals surface area contributed by atoms with Gasteiger partial charge in [0.1, 0.15) is 5.82 Å². The normalized spacial score (nSPS) is 11.9. The summed E-state index contributed by atoms with van der Waals surface area (Å²) in [6, 6.07) is 15.1. The van der Waals surface area contributed by atoms with E-state index in [2.05, 4.69) is 15.5 Å². The van der Waals surface area contributed by atoms with Gasteiger partial charge in [0, 0.05) is 5.69 Å². The van der Waals surface area contributed by atoms with Gasteiger partial charge in [0.15, 0.2) is 5.16 Å². The second-order valence-corrected chi connectivity index (χ2v) is 7.06. The molecular weight excluding hydrogens is 367 g/mol. The first-order valence-corrected chi connectivity index (χ1v) is 9.37. The van der Waals surface area contributed by atoms with E-state index in [1.807, 2.05) is 37.3 Å². The van der Waals surface area contributed by atoms with Gasteiger partial charge >= 0.3 is 5.69 Å². The fraction of sp³-hybridized carbons (Fsp3) is 0.211. The predicted molar refractivity (Wildman–Crippen MR) is 103 cm³/mol. The molecule has 0 aliphatic heterocycles. The molecule has 0 fully saturated rings. The summed E-state index contributed by atoms with van der Waals surface area (Å²) >= 11 is 1.22. The number of amides is 1. The van der Waals surface area contributed by atoms with E-state index in [4.69, 9.17) is 0 Å². The first-order valence-electron chi connectivity index (χ1n) is 8.49. The largest absolute Gasteiger partial charge is 0.344 e. The molecule has 2 N–H and O–H groups in total. The molecule has 0 bridgehead atoms. The number of aromatic nitrogens is 3. The monoisotopic (exact) mass is 386 g/mol. The van der Waals surface area contributed by atoms with Crippen LogP contribution in [-0.4, -0.2) is 25.9 Å². The third kappa shape index (κ3) is 4.85. The molecule has 3 aromatic rings. The Morgan fingerprint density at radius 1 is 1.22 bits per heavy atom. The maximum absolute atomic E-state index is 13.0. The average Bonchev–Trinajstić information content (AvgIpc) is 3.02. The van der Waals surface area contributed by atoms with E-state index in [-0.39, 0.29) is 17.4 Å². The Balaban J connectivity index is 1.73. The SMILES string of the molecule is CCC(Sc1n[nH]c(=O)n1Cc1ccccc1)C(=O)Nc1ccc(F)cc1. The number of carbonyl (C=O) groups excluding carboxylic acids is 1. The van der Waals surface area contributed by atoms with Gasteiger partial charge in [-0.15, -0.1) is 5.10 Å². The number of H-pyrrole nitrogens is 1. The van der Waals surface area contributed by atoms with Crippen LogP contribution in [0.4, 0.5) is 10.1 Å². The highest BCUT2D eigenvalue weighted by Gasteiger charge is 2.22. The van der Waals surface area contributed by atoms with Crippen molar-refractivity contribution in [3.8, 4) is 0 Å². The predicted octanol–water partition coefficient (Wildman–Crippen LogP) is 3.27. The van der Waals surface area contributed by atoms with E-state index < -0.39 is 5.25 Å². The van der Waals surface area contributed by atoms with Crippen molar-refractivity contribution in [3.05, 3.63) is 76.5 Å². The molecule has 0 aliphatic rings. The van der Waals surface area contributed by atoms with E-state index in [1.54, 1.807) is 0 Å². The molecule has 1 heterocycles. The second kappa shape index (κ2) is 8.68. The van der Waals surface area contributed by atoms with Gasteiger partial charge in [-0.1, -0.05) is 49.0 Å². The van der Waals surface area contributed by atoms with Gasteiger partial charge in [0.25, 0.3) is 0 Å². The quantitative estimate of drug-likeness (QED) is 0.611. The Morgan fingerprint density at radius 2 is 1.93 bits per heavy atom. The van der Waals surface area contributed by atoms with Crippen molar-refractivity contribution < 1.29 is 9.18 Å². The van der Waals surface area contributed by atoms with Crippen LogP contribution in [0.5, 0.6) is 0 Å². The number of thioether (sulfide) groups is 1. The van der Waals surface area contributed by atoms with Crippen LogP contribution in [0.3, 0.4) is 0 Å². The Labute approximate surface area is 159 Å². The van der Waals surface area contributed by atoms with Gasteiger partial charge in [0.05, 0.1) is 11.8 Å². The number of nitrogens with zero attached hydrogens (tertiary/aromatic N) is 2. The van der Waals surface area contributed by atoms with Crippen LogP contribution in [0.2, 0.25) is 0 Å². The fourth-order valence-electron chi connectivity index (χ4n) is 2.50. The Kier molecular flexibility index (Phi) is 6.08. The van der Waals surface area contributed by atoms with Crippen LogP contribution in [0.1, 0.15) is 18.9 Å². The number of halogens is 1. The minimum absolute atomic E-state index is 0.226. The third-order valence-corrected chi connectivity index (χ3v) is 5.28. The van der Waals surface area contributed by atoms with Crippen LogP contribution in [0.15, 0.2) is 64.5 Å². The molecule has 6 nitrogen and oxygen atoms in total. The van der Waals surface area contributed by atoms with Crippen molar-refractivity contribution in [1.29, 1.82) is 0 Å². The van der Waals surface area contributed by atoms with Crippen molar-refractivity contribution >= 4 is 23.4 Å². The molecule has 0 spiro atoms. The highest BCUT2D eigenvalue weighted by atomic mass is 32.2. The molecule has 140 valence electrons. The average molecular weight is 386 g/mol. The van der Waals surface area contributed by atoms with Gasteiger partial charge in [-0.2, -0.15) is 0 Å². The van der Waals surface area contributed by atoms with Crippen LogP contribution in [0, 0.1) is 5.82 Å². The zero-order valence-electron chi connectivity index (χ0n) is 14.7. The second-order valence-electron chi connectivity index (χ2n) is 5.89. The number of anilines is 1. The lowest BCUT2D eigenvalue weighted by atomic mass is 10.2. The van der Waals surface area contributed by atoms with Crippen molar-refractivity contribution in [3.63, 3.8) is 0 Å². The number of aromatic amines is 1. The molecule has 0 saturated carbocycles. The van der Waals surface area contributed by atoms with Crippen LogP contribution in [-0.2, 0) is 11.3 Å². The molecule has 1 atom stereocenters. The molecule has 2 aromatic carbocycles. The van der Waals surface area contributed by atoms with Crippen LogP contribution < -0.4 is 11.0 Å². The first kappa shape index (κ1) is 18.9. The zero-order chi connectivity index (χ0) is 19.2. The molecular formula is C19H19FN4O2S. The van der Waals surface area contributed by atoms with Gasteiger partial charge in [-0.25, -0.2) is 14.3 Å². The summed E-state index contributed by atoms with van der Waals surface area (Å²) in [4.78, 5) is 24.7. The molecule has 8 heteroatoms. The molecule has 1 unspecified atom stereocenters.